The van der Waals surface area contributed by atoms with E-state index in [4.69, 9.17) is 10.6 Å². The van der Waals surface area contributed by atoms with Gasteiger partial charge in [-0.2, -0.15) is 0 Å². The molecule has 0 saturated carbocycles. The minimum Gasteiger partial charge on any atom is -0.497 e. The van der Waals surface area contributed by atoms with Crippen LogP contribution in [0.25, 0.3) is 0 Å². The van der Waals surface area contributed by atoms with Crippen molar-refractivity contribution < 1.29 is 4.74 Å². The van der Waals surface area contributed by atoms with Crippen LogP contribution in [0.15, 0.2) is 22.7 Å². The second-order valence-corrected chi connectivity index (χ2v) is 5.14. The Morgan fingerprint density at radius 3 is 2.71 bits per heavy atom. The standard InChI is InChI=1S/C12H20BrN3O/c1-16(2)8-10(15-14)6-9-7-11(17-3)4-5-12(9)13/h4-5,7,10,15H,6,8,14H2,1-3H3. The van der Waals surface area contributed by atoms with E-state index in [1.807, 2.05) is 32.3 Å². The topological polar surface area (TPSA) is 50.5 Å². The first kappa shape index (κ1) is 14.4. The summed E-state index contributed by atoms with van der Waals surface area (Å²) in [7, 11) is 5.74. The molecule has 0 saturated heterocycles. The molecule has 4 nitrogen and oxygen atoms in total. The van der Waals surface area contributed by atoms with E-state index in [1.165, 1.54) is 5.56 Å². The van der Waals surface area contributed by atoms with Gasteiger partial charge in [-0.25, -0.2) is 0 Å². The molecule has 0 aliphatic heterocycles. The maximum atomic E-state index is 5.57. The van der Waals surface area contributed by atoms with Crippen molar-refractivity contribution in [1.82, 2.24) is 10.3 Å². The normalized spacial score (nSPS) is 12.8. The molecule has 17 heavy (non-hydrogen) atoms. The molecule has 0 radical (unpaired) electrons. The van der Waals surface area contributed by atoms with Gasteiger partial charge in [-0.05, 0) is 44.3 Å². The van der Waals surface area contributed by atoms with Gasteiger partial charge < -0.3 is 9.64 Å². The quantitative estimate of drug-likeness (QED) is 0.616. The van der Waals surface area contributed by atoms with E-state index in [9.17, 15) is 0 Å². The number of hydrogen-bond donors (Lipinski definition) is 2. The highest BCUT2D eigenvalue weighted by molar-refractivity contribution is 9.10. The van der Waals surface area contributed by atoms with Crippen molar-refractivity contribution in [2.75, 3.05) is 27.7 Å². The molecule has 1 aromatic carbocycles. The fourth-order valence-corrected chi connectivity index (χ4v) is 2.13. The Bertz CT molecular complexity index is 358. The molecule has 1 rings (SSSR count). The van der Waals surface area contributed by atoms with Gasteiger partial charge in [-0.3, -0.25) is 11.3 Å². The predicted octanol–water partition coefficient (Wildman–Crippen LogP) is 1.39. The van der Waals surface area contributed by atoms with Crippen molar-refractivity contribution >= 4 is 15.9 Å². The van der Waals surface area contributed by atoms with Gasteiger partial charge in [0.25, 0.3) is 0 Å². The minimum atomic E-state index is 0.216. The number of benzene rings is 1. The molecule has 0 heterocycles. The van der Waals surface area contributed by atoms with Gasteiger partial charge in [0.1, 0.15) is 5.75 Å². The maximum absolute atomic E-state index is 5.57. The first-order chi connectivity index (χ1) is 8.06. The summed E-state index contributed by atoms with van der Waals surface area (Å²) in [5, 5.41) is 0. The first-order valence-corrected chi connectivity index (χ1v) is 6.29. The molecule has 0 aromatic heterocycles. The largest absolute Gasteiger partial charge is 0.497 e. The second kappa shape index (κ2) is 6.96. The summed E-state index contributed by atoms with van der Waals surface area (Å²) in [5.41, 5.74) is 4.03. The highest BCUT2D eigenvalue weighted by Gasteiger charge is 2.11. The Morgan fingerprint density at radius 2 is 2.18 bits per heavy atom. The number of likely N-dealkylation sites (N-methyl/N-ethyl adjacent to an activating group) is 1. The van der Waals surface area contributed by atoms with E-state index in [2.05, 4.69) is 26.3 Å². The van der Waals surface area contributed by atoms with Crippen LogP contribution in [-0.4, -0.2) is 38.7 Å². The van der Waals surface area contributed by atoms with Crippen LogP contribution in [-0.2, 0) is 6.42 Å². The third kappa shape index (κ3) is 4.63. The van der Waals surface area contributed by atoms with Gasteiger partial charge in [0.2, 0.25) is 0 Å². The highest BCUT2D eigenvalue weighted by Crippen LogP contribution is 2.23. The van der Waals surface area contributed by atoms with Crippen LogP contribution in [0.3, 0.4) is 0 Å². The Kier molecular flexibility index (Phi) is 5.91. The van der Waals surface area contributed by atoms with Crippen molar-refractivity contribution in [3.05, 3.63) is 28.2 Å². The number of nitrogens with zero attached hydrogens (tertiary/aromatic N) is 1. The van der Waals surface area contributed by atoms with E-state index < -0.39 is 0 Å². The zero-order valence-electron chi connectivity index (χ0n) is 10.5. The molecule has 0 aliphatic rings. The van der Waals surface area contributed by atoms with Crippen LogP contribution in [0.2, 0.25) is 0 Å². The minimum absolute atomic E-state index is 0.216. The van der Waals surface area contributed by atoms with Gasteiger partial charge in [0.05, 0.1) is 7.11 Å². The molecule has 0 spiro atoms. The van der Waals surface area contributed by atoms with E-state index >= 15 is 0 Å². The smallest absolute Gasteiger partial charge is 0.119 e. The van der Waals surface area contributed by atoms with Crippen molar-refractivity contribution in [2.24, 2.45) is 5.84 Å². The average molecular weight is 302 g/mol. The van der Waals surface area contributed by atoms with Crippen molar-refractivity contribution in [3.8, 4) is 5.75 Å². The number of halogens is 1. The summed E-state index contributed by atoms with van der Waals surface area (Å²) in [6.45, 7) is 0.889. The summed E-state index contributed by atoms with van der Waals surface area (Å²) in [5.74, 6) is 6.43. The van der Waals surface area contributed by atoms with Crippen molar-refractivity contribution in [1.29, 1.82) is 0 Å². The Labute approximate surface area is 111 Å². The van der Waals surface area contributed by atoms with Crippen LogP contribution in [0.1, 0.15) is 5.56 Å². The summed E-state index contributed by atoms with van der Waals surface area (Å²) in [4.78, 5) is 2.11. The Morgan fingerprint density at radius 1 is 1.47 bits per heavy atom. The highest BCUT2D eigenvalue weighted by atomic mass is 79.9. The number of nitrogens with two attached hydrogens (primary N) is 1. The summed E-state index contributed by atoms with van der Waals surface area (Å²) in [6, 6.07) is 6.18. The molecule has 0 fully saturated rings. The SMILES string of the molecule is COc1ccc(Br)c(CC(CN(C)C)NN)c1. The van der Waals surface area contributed by atoms with E-state index in [-0.39, 0.29) is 6.04 Å². The number of hydrazine groups is 1. The number of rotatable bonds is 6. The third-order valence-corrected chi connectivity index (χ3v) is 3.31. The van der Waals surface area contributed by atoms with Crippen LogP contribution < -0.4 is 16.0 Å². The van der Waals surface area contributed by atoms with Crippen LogP contribution >= 0.6 is 15.9 Å². The molecule has 5 heteroatoms. The van der Waals surface area contributed by atoms with Crippen molar-refractivity contribution in [3.63, 3.8) is 0 Å². The zero-order valence-corrected chi connectivity index (χ0v) is 12.1. The lowest BCUT2D eigenvalue weighted by Crippen LogP contribution is -2.43. The first-order valence-electron chi connectivity index (χ1n) is 5.50. The molecule has 1 unspecified atom stereocenters. The Hall–Kier alpha value is -0.620. The van der Waals surface area contributed by atoms with Gasteiger partial charge >= 0.3 is 0 Å². The number of nitrogens with one attached hydrogen (secondary N) is 1. The summed E-state index contributed by atoms with van der Waals surface area (Å²) in [6.07, 6.45) is 0.854. The molecule has 1 aromatic rings. The molecule has 0 amide bonds. The molecule has 0 bridgehead atoms. The molecular formula is C12H20BrN3O. The van der Waals surface area contributed by atoms with E-state index in [0.717, 1.165) is 23.2 Å². The maximum Gasteiger partial charge on any atom is 0.119 e. The van der Waals surface area contributed by atoms with Gasteiger partial charge in [-0.1, -0.05) is 15.9 Å². The Balaban J connectivity index is 2.77. The molecule has 1 atom stereocenters. The monoisotopic (exact) mass is 301 g/mol. The summed E-state index contributed by atoms with van der Waals surface area (Å²) < 4.78 is 6.30. The van der Waals surface area contributed by atoms with Crippen LogP contribution in [0.5, 0.6) is 5.75 Å². The van der Waals surface area contributed by atoms with Crippen LogP contribution in [0.4, 0.5) is 0 Å². The lowest BCUT2D eigenvalue weighted by Gasteiger charge is -2.21. The number of methoxy groups -OCH3 is 1. The lowest BCUT2D eigenvalue weighted by molar-refractivity contribution is 0.338. The van der Waals surface area contributed by atoms with Gasteiger partial charge in [-0.15, -0.1) is 0 Å². The van der Waals surface area contributed by atoms with Gasteiger partial charge in [0, 0.05) is 17.1 Å². The van der Waals surface area contributed by atoms with Gasteiger partial charge in [0.15, 0.2) is 0 Å². The van der Waals surface area contributed by atoms with E-state index in [0.29, 0.717) is 0 Å². The van der Waals surface area contributed by atoms with Crippen molar-refractivity contribution in [2.45, 2.75) is 12.5 Å². The number of hydrogen-bond acceptors (Lipinski definition) is 4. The lowest BCUT2D eigenvalue weighted by atomic mass is 10.1. The zero-order chi connectivity index (χ0) is 12.8. The molecular weight excluding hydrogens is 282 g/mol. The summed E-state index contributed by atoms with van der Waals surface area (Å²) >= 11 is 3.55. The molecule has 0 aliphatic carbocycles. The van der Waals surface area contributed by atoms with E-state index in [1.54, 1.807) is 7.11 Å². The predicted molar refractivity (Wildman–Crippen MR) is 74.1 cm³/mol. The van der Waals surface area contributed by atoms with Crippen LogP contribution in [0, 0.1) is 0 Å². The molecule has 96 valence electrons. The number of ether oxygens (including phenoxy) is 1. The second-order valence-electron chi connectivity index (χ2n) is 4.29. The fraction of sp³-hybridized carbons (Fsp3) is 0.500. The average Bonchev–Trinajstić information content (AvgIpc) is 2.30. The molecule has 3 N–H and O–H groups in total. The fourth-order valence-electron chi connectivity index (χ4n) is 1.72. The third-order valence-electron chi connectivity index (χ3n) is 2.54.